The number of hydrogen-bond donors (Lipinski definition) is 2. The average molecular weight is 430 g/mol. The van der Waals surface area contributed by atoms with Gasteiger partial charge in [-0.05, 0) is 43.0 Å². The fourth-order valence-corrected chi connectivity index (χ4v) is 4.93. The Labute approximate surface area is 179 Å². The lowest BCUT2D eigenvalue weighted by atomic mass is 10.0. The average Bonchev–Trinajstić information content (AvgIpc) is 3.57. The molecule has 30 heavy (non-hydrogen) atoms. The van der Waals surface area contributed by atoms with E-state index in [2.05, 4.69) is 10.6 Å². The van der Waals surface area contributed by atoms with Crippen LogP contribution in [0, 0.1) is 0 Å². The van der Waals surface area contributed by atoms with E-state index in [1.54, 1.807) is 12.1 Å². The number of rotatable bonds is 10. The quantitative estimate of drug-likeness (QED) is 0.607. The summed E-state index contributed by atoms with van der Waals surface area (Å²) in [5, 5.41) is 6.49. The molecule has 2 atom stereocenters. The lowest BCUT2D eigenvalue weighted by Gasteiger charge is -2.24. The van der Waals surface area contributed by atoms with Crippen LogP contribution in [0.1, 0.15) is 56.8 Å². The fourth-order valence-electron chi connectivity index (χ4n) is 3.47. The largest absolute Gasteiger partial charge is 0.352 e. The van der Waals surface area contributed by atoms with Crippen LogP contribution in [0.25, 0.3) is 0 Å². The highest BCUT2D eigenvalue weighted by atomic mass is 32.2. The van der Waals surface area contributed by atoms with Gasteiger partial charge in [-0.1, -0.05) is 56.3 Å². The molecule has 0 radical (unpaired) electrons. The fraction of sp³-hybridized carbons (Fsp3) is 0.435. The Morgan fingerprint density at radius 1 is 1.00 bits per heavy atom. The number of carbonyl (C=O) groups is 1. The van der Waals surface area contributed by atoms with Gasteiger partial charge in [-0.25, -0.2) is 8.42 Å². The topological polar surface area (TPSA) is 78.5 Å². The highest BCUT2D eigenvalue weighted by Crippen LogP contribution is 2.25. The molecule has 1 saturated carbocycles. The van der Waals surface area contributed by atoms with Gasteiger partial charge in [0.05, 0.1) is 4.90 Å². The number of nitrogens with zero attached hydrogens (tertiary/aromatic N) is 1. The molecule has 3 rings (SSSR count). The summed E-state index contributed by atoms with van der Waals surface area (Å²) in [6.45, 7) is 6.52. The zero-order valence-electron chi connectivity index (χ0n) is 17.8. The lowest BCUT2D eigenvalue weighted by Crippen LogP contribution is -2.39. The van der Waals surface area contributed by atoms with Gasteiger partial charge >= 0.3 is 0 Å². The molecule has 0 aliphatic heterocycles. The molecule has 2 N–H and O–H groups in total. The third-order valence-electron chi connectivity index (χ3n) is 5.46. The van der Waals surface area contributed by atoms with Crippen molar-refractivity contribution < 1.29 is 13.2 Å². The summed E-state index contributed by atoms with van der Waals surface area (Å²) >= 11 is 0. The Kier molecular flexibility index (Phi) is 7.28. The molecule has 7 heteroatoms. The van der Waals surface area contributed by atoms with Crippen molar-refractivity contribution in [1.82, 2.24) is 14.9 Å². The van der Waals surface area contributed by atoms with Gasteiger partial charge in [0.15, 0.2) is 0 Å². The molecular weight excluding hydrogens is 398 g/mol. The second-order valence-corrected chi connectivity index (χ2v) is 9.61. The summed E-state index contributed by atoms with van der Waals surface area (Å²) < 4.78 is 26.8. The third-order valence-corrected chi connectivity index (χ3v) is 7.52. The van der Waals surface area contributed by atoms with E-state index < -0.39 is 16.1 Å². The van der Waals surface area contributed by atoms with E-state index in [-0.39, 0.29) is 22.9 Å². The number of nitrogens with one attached hydrogen (secondary N) is 2. The van der Waals surface area contributed by atoms with Crippen LogP contribution in [-0.4, -0.2) is 37.8 Å². The Bertz CT molecular complexity index is 937. The van der Waals surface area contributed by atoms with Crippen LogP contribution in [0.5, 0.6) is 0 Å². The van der Waals surface area contributed by atoms with E-state index in [9.17, 15) is 13.2 Å². The normalized spacial score (nSPS) is 16.3. The zero-order valence-corrected chi connectivity index (χ0v) is 18.7. The number of amides is 1. The standard InChI is InChI=1S/C23H31N3O3S/c1-4-26(5-2)30(28,29)21-15-11-18(12-16-21)17(3)24-22(19-9-7-6-8-10-19)23(27)25-20-13-14-20/h6-12,15-17,20,22,24H,4-5,13-14H2,1-3H3,(H,25,27)/t17-,22+/m0/s1. The summed E-state index contributed by atoms with van der Waals surface area (Å²) in [5.41, 5.74) is 1.83. The van der Waals surface area contributed by atoms with Crippen LogP contribution < -0.4 is 10.6 Å². The van der Waals surface area contributed by atoms with Crippen molar-refractivity contribution in [2.24, 2.45) is 0 Å². The molecule has 0 unspecified atom stereocenters. The van der Waals surface area contributed by atoms with Crippen molar-refractivity contribution in [1.29, 1.82) is 0 Å². The van der Waals surface area contributed by atoms with Crippen LogP contribution in [0.2, 0.25) is 0 Å². The minimum absolute atomic E-state index is 0.0312. The van der Waals surface area contributed by atoms with E-state index in [4.69, 9.17) is 0 Å². The highest BCUT2D eigenvalue weighted by Gasteiger charge is 2.29. The maximum absolute atomic E-state index is 12.8. The molecule has 1 fully saturated rings. The van der Waals surface area contributed by atoms with Crippen molar-refractivity contribution in [3.8, 4) is 0 Å². The van der Waals surface area contributed by atoms with E-state index in [1.807, 2.05) is 63.2 Å². The van der Waals surface area contributed by atoms with E-state index in [0.29, 0.717) is 13.1 Å². The van der Waals surface area contributed by atoms with Crippen LogP contribution in [-0.2, 0) is 14.8 Å². The summed E-state index contributed by atoms with van der Waals surface area (Å²) in [7, 11) is -3.48. The summed E-state index contributed by atoms with van der Waals surface area (Å²) in [5.74, 6) is -0.0312. The minimum Gasteiger partial charge on any atom is -0.352 e. The van der Waals surface area contributed by atoms with Gasteiger partial charge in [0.1, 0.15) is 6.04 Å². The molecular formula is C23H31N3O3S. The second-order valence-electron chi connectivity index (χ2n) is 7.67. The van der Waals surface area contributed by atoms with E-state index in [0.717, 1.165) is 24.0 Å². The Hall–Kier alpha value is -2.22. The van der Waals surface area contributed by atoms with Crippen molar-refractivity contribution >= 4 is 15.9 Å². The van der Waals surface area contributed by atoms with Gasteiger partial charge in [0, 0.05) is 25.2 Å². The predicted octanol–water partition coefficient (Wildman–Crippen LogP) is 3.39. The molecule has 1 amide bonds. The Morgan fingerprint density at radius 2 is 1.60 bits per heavy atom. The molecule has 1 aliphatic carbocycles. The first-order chi connectivity index (χ1) is 14.4. The molecule has 2 aromatic rings. The molecule has 0 bridgehead atoms. The number of carbonyl (C=O) groups excluding carboxylic acids is 1. The van der Waals surface area contributed by atoms with Gasteiger partial charge in [0.25, 0.3) is 0 Å². The van der Waals surface area contributed by atoms with Crippen molar-refractivity contribution in [3.05, 3.63) is 65.7 Å². The molecule has 162 valence electrons. The SMILES string of the molecule is CCN(CC)S(=O)(=O)c1ccc([C@H](C)N[C@@H](C(=O)NC2CC2)c2ccccc2)cc1. The van der Waals surface area contributed by atoms with Gasteiger partial charge < -0.3 is 5.32 Å². The number of sulfonamides is 1. The van der Waals surface area contributed by atoms with Gasteiger partial charge in [0.2, 0.25) is 15.9 Å². The van der Waals surface area contributed by atoms with Gasteiger partial charge in [-0.15, -0.1) is 0 Å². The molecule has 0 aromatic heterocycles. The van der Waals surface area contributed by atoms with Crippen LogP contribution in [0.3, 0.4) is 0 Å². The van der Waals surface area contributed by atoms with Crippen LogP contribution >= 0.6 is 0 Å². The monoisotopic (exact) mass is 429 g/mol. The first-order valence-corrected chi connectivity index (χ1v) is 12.0. The van der Waals surface area contributed by atoms with Crippen molar-refractivity contribution in [2.45, 2.75) is 56.6 Å². The van der Waals surface area contributed by atoms with E-state index in [1.165, 1.54) is 4.31 Å². The third kappa shape index (κ3) is 5.28. The number of hydrogen-bond acceptors (Lipinski definition) is 4. The molecule has 0 saturated heterocycles. The summed E-state index contributed by atoms with van der Waals surface area (Å²) in [6, 6.07) is 16.2. The molecule has 0 heterocycles. The second kappa shape index (κ2) is 9.73. The smallest absolute Gasteiger partial charge is 0.243 e. The maximum atomic E-state index is 12.8. The summed E-state index contributed by atoms with van der Waals surface area (Å²) in [6.07, 6.45) is 2.07. The molecule has 6 nitrogen and oxygen atoms in total. The Morgan fingerprint density at radius 3 is 2.13 bits per heavy atom. The molecule has 1 aliphatic rings. The molecule has 0 spiro atoms. The van der Waals surface area contributed by atoms with Crippen LogP contribution in [0.15, 0.2) is 59.5 Å². The maximum Gasteiger partial charge on any atom is 0.243 e. The predicted molar refractivity (Wildman–Crippen MR) is 118 cm³/mol. The first kappa shape index (κ1) is 22.5. The van der Waals surface area contributed by atoms with E-state index >= 15 is 0 Å². The first-order valence-electron chi connectivity index (χ1n) is 10.6. The van der Waals surface area contributed by atoms with Crippen molar-refractivity contribution in [3.63, 3.8) is 0 Å². The van der Waals surface area contributed by atoms with Gasteiger partial charge in [-0.3, -0.25) is 10.1 Å². The van der Waals surface area contributed by atoms with Crippen LogP contribution in [0.4, 0.5) is 0 Å². The zero-order chi connectivity index (χ0) is 21.7. The van der Waals surface area contributed by atoms with Crippen molar-refractivity contribution in [2.75, 3.05) is 13.1 Å². The summed E-state index contributed by atoms with van der Waals surface area (Å²) in [4.78, 5) is 13.1. The van der Waals surface area contributed by atoms with Gasteiger partial charge in [-0.2, -0.15) is 4.31 Å². The lowest BCUT2D eigenvalue weighted by molar-refractivity contribution is -0.123. The highest BCUT2D eigenvalue weighted by molar-refractivity contribution is 7.89. The minimum atomic E-state index is -3.48. The number of benzene rings is 2. The molecule has 2 aromatic carbocycles. The Balaban J connectivity index is 1.77.